The second-order valence-corrected chi connectivity index (χ2v) is 22.5. The van der Waals surface area contributed by atoms with Gasteiger partial charge in [0.25, 0.3) is 0 Å². The van der Waals surface area contributed by atoms with Crippen LogP contribution in [0.15, 0.2) is 210 Å². The van der Waals surface area contributed by atoms with E-state index >= 15 is 0 Å². The Balaban J connectivity index is 1.09. The summed E-state index contributed by atoms with van der Waals surface area (Å²) < 4.78 is 0. The molecule has 0 saturated carbocycles. The van der Waals surface area contributed by atoms with Crippen molar-refractivity contribution in [3.05, 3.63) is 245 Å². The monoisotopic (exact) mass is 841 g/mol. The van der Waals surface area contributed by atoms with Crippen LogP contribution in [0.25, 0.3) is 44.5 Å². The first-order valence-electron chi connectivity index (χ1n) is 22.6. The van der Waals surface area contributed by atoms with Gasteiger partial charge in [0.15, 0.2) is 0 Å². The molecule has 1 nitrogen and oxygen atoms in total. The largest absolute Gasteiger partial charge is 0.310 e. The van der Waals surface area contributed by atoms with Gasteiger partial charge >= 0.3 is 0 Å². The van der Waals surface area contributed by atoms with E-state index in [0.717, 1.165) is 5.69 Å². The molecule has 0 aromatic heterocycles. The van der Waals surface area contributed by atoms with Crippen LogP contribution in [0.1, 0.15) is 58.4 Å². The fourth-order valence-electron chi connectivity index (χ4n) is 11.9. The van der Waals surface area contributed by atoms with Crippen molar-refractivity contribution in [2.24, 2.45) is 0 Å². The summed E-state index contributed by atoms with van der Waals surface area (Å²) in [6.07, 6.45) is 4.97. The summed E-state index contributed by atoms with van der Waals surface area (Å²) in [7, 11) is -1.29. The molecule has 1 spiro atoms. The molecular weight excluding hydrogens is 791 g/mol. The maximum absolute atomic E-state index is 2.57. The normalized spacial score (nSPS) is 15.6. The van der Waals surface area contributed by atoms with Gasteiger partial charge in [0.05, 0.1) is 11.1 Å². The number of rotatable bonds is 5. The highest BCUT2D eigenvalue weighted by Crippen LogP contribution is 2.71. The number of benzene rings is 9. The van der Waals surface area contributed by atoms with Crippen LogP contribution in [0.5, 0.6) is 0 Å². The lowest BCUT2D eigenvalue weighted by Crippen LogP contribution is -2.34. The topological polar surface area (TPSA) is 3.24 Å². The average Bonchev–Trinajstić information content (AvgIpc) is 3.74. The Morgan fingerprint density at radius 2 is 0.781 bits per heavy atom. The molecule has 3 aliphatic rings. The molecular formula is C62H51NS. The van der Waals surface area contributed by atoms with E-state index in [1.165, 1.54) is 110 Å². The second-order valence-electron chi connectivity index (χ2n) is 19.0. The summed E-state index contributed by atoms with van der Waals surface area (Å²) in [4.78, 5) is 5.51. The Morgan fingerprint density at radius 1 is 0.359 bits per heavy atom. The molecule has 12 rings (SSSR count). The van der Waals surface area contributed by atoms with Crippen molar-refractivity contribution in [1.29, 1.82) is 0 Å². The highest BCUT2D eigenvalue weighted by Gasteiger charge is 2.52. The van der Waals surface area contributed by atoms with Crippen LogP contribution in [-0.2, 0) is 10.8 Å². The van der Waals surface area contributed by atoms with Gasteiger partial charge in [-0.1, -0.05) is 166 Å². The predicted octanol–water partition coefficient (Wildman–Crippen LogP) is 16.6. The molecule has 0 saturated heterocycles. The second kappa shape index (κ2) is 14.1. The highest BCUT2D eigenvalue weighted by atomic mass is 32.3. The van der Waals surface area contributed by atoms with E-state index in [1.807, 2.05) is 0 Å². The van der Waals surface area contributed by atoms with Crippen molar-refractivity contribution in [1.82, 2.24) is 0 Å². The minimum Gasteiger partial charge on any atom is -0.310 e. The Bertz CT molecular complexity index is 3280. The molecule has 0 atom stereocenters. The lowest BCUT2D eigenvalue weighted by atomic mass is 9.67. The van der Waals surface area contributed by atoms with Gasteiger partial charge < -0.3 is 4.90 Å². The van der Waals surface area contributed by atoms with Crippen molar-refractivity contribution < 1.29 is 0 Å². The Morgan fingerprint density at radius 3 is 1.38 bits per heavy atom. The molecule has 9 aromatic carbocycles. The number of fused-ring (bicyclic) bond motifs is 12. The van der Waals surface area contributed by atoms with Crippen LogP contribution >= 0.6 is 10.0 Å². The molecule has 1 aliphatic heterocycles. The van der Waals surface area contributed by atoms with Crippen molar-refractivity contribution in [2.45, 2.75) is 48.3 Å². The Labute approximate surface area is 380 Å². The van der Waals surface area contributed by atoms with Gasteiger partial charge in [0.2, 0.25) is 0 Å². The van der Waals surface area contributed by atoms with Gasteiger partial charge in [-0.2, -0.15) is 10.0 Å². The van der Waals surface area contributed by atoms with E-state index in [9.17, 15) is 0 Å². The summed E-state index contributed by atoms with van der Waals surface area (Å²) in [6.45, 7) is 9.37. The van der Waals surface area contributed by atoms with Crippen molar-refractivity contribution in [2.75, 3.05) is 17.4 Å². The molecule has 2 aliphatic carbocycles. The SMILES string of the molecule is Cc1cc(-c2ccc(-c3ccccc3)cc2)cc(C)c1N(c1ccc2c(c1)C(C)(C)c1ccccc1-2)c1ccc2c(c1)C1(c3ccccc3-2)c2ccccc2S(C)(C)c2ccccc21. The minimum absolute atomic E-state index is 0.137. The fraction of sp³-hybridized carbons (Fsp3) is 0.129. The van der Waals surface area contributed by atoms with Crippen molar-refractivity contribution >= 4 is 27.1 Å². The van der Waals surface area contributed by atoms with Crippen LogP contribution in [0.3, 0.4) is 0 Å². The number of aryl methyl sites for hydroxylation is 2. The van der Waals surface area contributed by atoms with Crippen LogP contribution in [-0.4, -0.2) is 12.5 Å². The lowest BCUT2D eigenvalue weighted by Gasteiger charge is -2.49. The molecule has 0 N–H and O–H groups in total. The smallest absolute Gasteiger partial charge is 0.0735 e. The van der Waals surface area contributed by atoms with Gasteiger partial charge in [0, 0.05) is 16.8 Å². The summed E-state index contributed by atoms with van der Waals surface area (Å²) in [5.74, 6) is 0. The van der Waals surface area contributed by atoms with Gasteiger partial charge in [-0.3, -0.25) is 0 Å². The van der Waals surface area contributed by atoms with Crippen molar-refractivity contribution in [3.8, 4) is 44.5 Å². The molecule has 2 heteroatoms. The maximum atomic E-state index is 2.57. The van der Waals surface area contributed by atoms with Crippen LogP contribution in [0.4, 0.5) is 17.1 Å². The molecule has 0 fully saturated rings. The summed E-state index contributed by atoms with van der Waals surface area (Å²) in [5.41, 5.74) is 23.9. The van der Waals surface area contributed by atoms with Crippen molar-refractivity contribution in [3.63, 3.8) is 0 Å². The predicted molar refractivity (Wildman–Crippen MR) is 272 cm³/mol. The highest BCUT2D eigenvalue weighted by molar-refractivity contribution is 8.32. The van der Waals surface area contributed by atoms with Crippen LogP contribution < -0.4 is 4.90 Å². The third-order valence-corrected chi connectivity index (χ3v) is 17.7. The first-order valence-corrected chi connectivity index (χ1v) is 25.0. The minimum atomic E-state index is -1.29. The van der Waals surface area contributed by atoms with E-state index in [-0.39, 0.29) is 5.41 Å². The fourth-order valence-corrected chi connectivity index (χ4v) is 14.5. The summed E-state index contributed by atoms with van der Waals surface area (Å²) >= 11 is 0. The van der Waals surface area contributed by atoms with Gasteiger partial charge in [0.1, 0.15) is 0 Å². The van der Waals surface area contributed by atoms with E-state index < -0.39 is 15.4 Å². The van der Waals surface area contributed by atoms with Crippen LogP contribution in [0.2, 0.25) is 0 Å². The zero-order valence-electron chi connectivity index (χ0n) is 37.4. The third-order valence-electron chi connectivity index (χ3n) is 14.8. The third kappa shape index (κ3) is 5.39. The van der Waals surface area contributed by atoms with E-state index in [4.69, 9.17) is 0 Å². The molecule has 9 aromatic rings. The molecule has 0 unspecified atom stereocenters. The van der Waals surface area contributed by atoms with E-state index in [0.29, 0.717) is 0 Å². The summed E-state index contributed by atoms with van der Waals surface area (Å²) in [6, 6.07) is 75.9. The van der Waals surface area contributed by atoms with Gasteiger partial charge in [-0.05, 0) is 174 Å². The standard InChI is InChI=1S/C62H51NS/c1-40-36-45(44-30-28-43(29-31-44)42-18-8-7-9-19-42)37-41(2)60(40)63(46-32-34-50-48-20-10-12-22-52(48)61(3,4)56(50)38-46)47-33-35-51-49-21-11-13-23-53(49)62(57(51)39-47)54-24-14-16-26-58(54)64(5,6)59-27-17-15-25-55(59)62/h7-39H,1-6H3. The van der Waals surface area contributed by atoms with E-state index in [1.54, 1.807) is 0 Å². The van der Waals surface area contributed by atoms with Gasteiger partial charge in [-0.15, -0.1) is 0 Å². The lowest BCUT2D eigenvalue weighted by molar-refractivity contribution is 0.660. The number of anilines is 3. The maximum Gasteiger partial charge on any atom is 0.0735 e. The van der Waals surface area contributed by atoms with Gasteiger partial charge in [-0.25, -0.2) is 0 Å². The Kier molecular flexibility index (Phi) is 8.52. The Hall–Kier alpha value is -6.87. The van der Waals surface area contributed by atoms with E-state index in [2.05, 4.69) is 245 Å². The molecule has 0 bridgehead atoms. The first kappa shape index (κ1) is 38.8. The zero-order valence-corrected chi connectivity index (χ0v) is 38.2. The number of hydrogen-bond donors (Lipinski definition) is 0. The molecule has 0 amide bonds. The first-order chi connectivity index (χ1) is 31.1. The molecule has 64 heavy (non-hydrogen) atoms. The summed E-state index contributed by atoms with van der Waals surface area (Å²) in [5, 5.41) is 0. The quantitative estimate of drug-likeness (QED) is 0.167. The average molecular weight is 842 g/mol. The zero-order chi connectivity index (χ0) is 43.5. The molecule has 310 valence electrons. The molecule has 0 radical (unpaired) electrons. The number of hydrogen-bond acceptors (Lipinski definition) is 1. The molecule has 1 heterocycles. The number of nitrogens with zero attached hydrogens (tertiary/aromatic N) is 1. The van der Waals surface area contributed by atoms with Crippen LogP contribution in [0, 0.1) is 13.8 Å².